The summed E-state index contributed by atoms with van der Waals surface area (Å²) in [6.45, 7) is 7.97. The van der Waals surface area contributed by atoms with Gasteiger partial charge in [0.1, 0.15) is 0 Å². The largest absolute Gasteiger partial charge is 0.404 e. The molecule has 0 spiro atoms. The molecule has 3 N–H and O–H groups in total. The number of likely N-dealkylation sites (tertiary alicyclic amines) is 1. The van der Waals surface area contributed by atoms with Crippen molar-refractivity contribution in [3.63, 3.8) is 0 Å². The highest BCUT2D eigenvalue weighted by Crippen LogP contribution is 2.39. The summed E-state index contributed by atoms with van der Waals surface area (Å²) in [7, 11) is 0. The summed E-state index contributed by atoms with van der Waals surface area (Å²) in [4.78, 5) is 15.1. The smallest absolute Gasteiger partial charge is 0.222 e. The van der Waals surface area contributed by atoms with E-state index in [2.05, 4.69) is 68.1 Å². The maximum absolute atomic E-state index is 13.0. The van der Waals surface area contributed by atoms with E-state index in [4.69, 9.17) is 17.3 Å². The summed E-state index contributed by atoms with van der Waals surface area (Å²) in [5.74, 6) is 0.850. The van der Waals surface area contributed by atoms with Crippen LogP contribution in [0.1, 0.15) is 63.5 Å². The van der Waals surface area contributed by atoms with Crippen LogP contribution in [0.15, 0.2) is 44.5 Å². The third kappa shape index (κ3) is 7.46. The lowest BCUT2D eigenvalue weighted by molar-refractivity contribution is -0.132. The number of piperidine rings is 2. The van der Waals surface area contributed by atoms with Crippen molar-refractivity contribution in [3.05, 3.63) is 60.7 Å². The molecule has 2 heterocycles. The molecule has 0 atom stereocenters. The lowest BCUT2D eigenvalue weighted by Crippen LogP contribution is -2.39. The van der Waals surface area contributed by atoms with E-state index >= 15 is 0 Å². The minimum Gasteiger partial charge on any atom is -0.404 e. The standard InChI is InChI=1S/C27H36Br2ClN3O/c1-3-20-15-23(30)16-25(29)27(20)24(13-18(2)12-22(28)17-31)21-6-10-33(11-7-21)26(34)14-19-4-8-32-9-5-19/h12,15-17,19,32H,3-11,13-14,31H2,1-2H3/b18-12-,22-17+. The van der Waals surface area contributed by atoms with Crippen molar-refractivity contribution >= 4 is 54.9 Å². The van der Waals surface area contributed by atoms with Gasteiger partial charge in [0.15, 0.2) is 0 Å². The molecule has 0 aromatic heterocycles. The van der Waals surface area contributed by atoms with Crippen LogP contribution in [0.25, 0.3) is 5.57 Å². The Kier molecular flexibility index (Phi) is 10.8. The Labute approximate surface area is 226 Å². The molecule has 0 aliphatic carbocycles. The number of carbonyl (C=O) groups excluding carboxylic acids is 1. The monoisotopic (exact) mass is 611 g/mol. The molecular formula is C27H36Br2ClN3O. The van der Waals surface area contributed by atoms with Crippen molar-refractivity contribution in [3.8, 4) is 0 Å². The predicted molar refractivity (Wildman–Crippen MR) is 151 cm³/mol. The minimum absolute atomic E-state index is 0.322. The van der Waals surface area contributed by atoms with Crippen LogP contribution >= 0.6 is 43.5 Å². The second kappa shape index (κ2) is 13.3. The van der Waals surface area contributed by atoms with Crippen LogP contribution in [-0.4, -0.2) is 37.0 Å². The lowest BCUT2D eigenvalue weighted by Gasteiger charge is -2.32. The normalized spacial score (nSPS) is 18.4. The number of carbonyl (C=O) groups is 1. The first-order chi connectivity index (χ1) is 16.3. The van der Waals surface area contributed by atoms with Crippen molar-refractivity contribution < 1.29 is 4.79 Å². The second-order valence-electron chi connectivity index (χ2n) is 9.35. The van der Waals surface area contributed by atoms with Crippen molar-refractivity contribution in [1.82, 2.24) is 10.2 Å². The zero-order valence-corrected chi connectivity index (χ0v) is 24.2. The van der Waals surface area contributed by atoms with E-state index in [1.54, 1.807) is 6.20 Å². The fraction of sp³-hybridized carbons (Fsp3) is 0.519. The summed E-state index contributed by atoms with van der Waals surface area (Å²) in [6, 6.07) is 4.07. The number of hydrogen-bond donors (Lipinski definition) is 2. The fourth-order valence-corrected chi connectivity index (χ4v) is 6.54. The summed E-state index contributed by atoms with van der Waals surface area (Å²) >= 11 is 13.7. The molecule has 0 radical (unpaired) electrons. The van der Waals surface area contributed by atoms with Crippen LogP contribution < -0.4 is 11.1 Å². The van der Waals surface area contributed by atoms with Gasteiger partial charge in [-0.3, -0.25) is 4.79 Å². The van der Waals surface area contributed by atoms with Crippen LogP contribution in [0.5, 0.6) is 0 Å². The predicted octanol–water partition coefficient (Wildman–Crippen LogP) is 6.96. The Morgan fingerprint density at radius 1 is 1.26 bits per heavy atom. The zero-order chi connectivity index (χ0) is 24.7. The summed E-state index contributed by atoms with van der Waals surface area (Å²) in [6.07, 6.45) is 10.1. The average molecular weight is 614 g/mol. The number of halogens is 3. The molecule has 34 heavy (non-hydrogen) atoms. The number of hydrogen-bond acceptors (Lipinski definition) is 3. The summed E-state index contributed by atoms with van der Waals surface area (Å²) < 4.78 is 1.91. The molecule has 0 saturated carbocycles. The molecule has 0 unspecified atom stereocenters. The van der Waals surface area contributed by atoms with Gasteiger partial charge in [0.25, 0.3) is 0 Å². The van der Waals surface area contributed by atoms with E-state index in [9.17, 15) is 4.79 Å². The van der Waals surface area contributed by atoms with Gasteiger partial charge < -0.3 is 16.0 Å². The first kappa shape index (κ1) is 27.5. The molecule has 186 valence electrons. The Bertz CT molecular complexity index is 970. The first-order valence-corrected chi connectivity index (χ1v) is 14.2. The molecule has 7 heteroatoms. The SMILES string of the molecule is CCc1cc(Cl)cc(Br)c1C(C/C(C)=C\C(Br)=C/N)=C1CCN(C(=O)CC2CCNCC2)CC1. The molecule has 1 aromatic carbocycles. The Morgan fingerprint density at radius 3 is 2.56 bits per heavy atom. The lowest BCUT2D eigenvalue weighted by atomic mass is 9.86. The minimum atomic E-state index is 0.322. The number of allylic oxidation sites excluding steroid dienone is 4. The molecule has 1 amide bonds. The number of amides is 1. The van der Waals surface area contributed by atoms with E-state index in [-0.39, 0.29) is 0 Å². The molecule has 4 nitrogen and oxygen atoms in total. The third-order valence-corrected chi connectivity index (χ3v) is 8.22. The van der Waals surface area contributed by atoms with Crippen LogP contribution in [0.3, 0.4) is 0 Å². The van der Waals surface area contributed by atoms with Gasteiger partial charge in [-0.05, 0) is 115 Å². The van der Waals surface area contributed by atoms with Crippen LogP contribution in [0, 0.1) is 5.92 Å². The molecule has 1 aromatic rings. The zero-order valence-electron chi connectivity index (χ0n) is 20.2. The Morgan fingerprint density at radius 2 is 1.94 bits per heavy atom. The average Bonchev–Trinajstić information content (AvgIpc) is 2.83. The Balaban J connectivity index is 1.86. The quantitative estimate of drug-likeness (QED) is 0.327. The molecular weight excluding hydrogens is 578 g/mol. The molecule has 2 fully saturated rings. The maximum atomic E-state index is 13.0. The Hall–Kier alpha value is -1.08. The van der Waals surface area contributed by atoms with Gasteiger partial charge in [-0.25, -0.2) is 0 Å². The fourth-order valence-electron chi connectivity index (χ4n) is 5.04. The van der Waals surface area contributed by atoms with Gasteiger partial charge in [0, 0.05) is 39.7 Å². The van der Waals surface area contributed by atoms with E-state index < -0.39 is 0 Å². The highest BCUT2D eigenvalue weighted by Gasteiger charge is 2.26. The molecule has 2 aliphatic rings. The maximum Gasteiger partial charge on any atom is 0.222 e. The summed E-state index contributed by atoms with van der Waals surface area (Å²) in [5, 5.41) is 4.14. The number of benzene rings is 1. The van der Waals surface area contributed by atoms with E-state index in [0.717, 1.165) is 78.7 Å². The number of nitrogens with one attached hydrogen (secondary N) is 1. The van der Waals surface area contributed by atoms with E-state index in [1.807, 2.05) is 6.07 Å². The second-order valence-corrected chi connectivity index (χ2v) is 11.6. The van der Waals surface area contributed by atoms with Gasteiger partial charge in [-0.15, -0.1) is 0 Å². The number of rotatable bonds is 7. The van der Waals surface area contributed by atoms with Gasteiger partial charge in [-0.1, -0.05) is 45.6 Å². The summed E-state index contributed by atoms with van der Waals surface area (Å²) in [5.41, 5.74) is 12.2. The number of aryl methyl sites for hydroxylation is 1. The van der Waals surface area contributed by atoms with Crippen molar-refractivity contribution in [2.75, 3.05) is 26.2 Å². The first-order valence-electron chi connectivity index (χ1n) is 12.2. The van der Waals surface area contributed by atoms with Crippen LogP contribution in [0.4, 0.5) is 0 Å². The van der Waals surface area contributed by atoms with Gasteiger partial charge in [-0.2, -0.15) is 0 Å². The van der Waals surface area contributed by atoms with E-state index in [0.29, 0.717) is 18.2 Å². The van der Waals surface area contributed by atoms with Gasteiger partial charge in [0.05, 0.1) is 0 Å². The van der Waals surface area contributed by atoms with Crippen molar-refractivity contribution in [1.29, 1.82) is 0 Å². The molecule has 3 rings (SSSR count). The molecule has 0 bridgehead atoms. The van der Waals surface area contributed by atoms with E-state index in [1.165, 1.54) is 27.8 Å². The van der Waals surface area contributed by atoms with Gasteiger partial charge >= 0.3 is 0 Å². The third-order valence-electron chi connectivity index (χ3n) is 6.89. The van der Waals surface area contributed by atoms with Crippen LogP contribution in [-0.2, 0) is 11.2 Å². The van der Waals surface area contributed by atoms with Crippen LogP contribution in [0.2, 0.25) is 5.02 Å². The molecule has 2 saturated heterocycles. The highest BCUT2D eigenvalue weighted by molar-refractivity contribution is 9.12. The number of nitrogens with zero attached hydrogens (tertiary/aromatic N) is 1. The van der Waals surface area contributed by atoms with Crippen molar-refractivity contribution in [2.45, 2.75) is 58.8 Å². The molecule has 2 aliphatic heterocycles. The van der Waals surface area contributed by atoms with Gasteiger partial charge in [0.2, 0.25) is 5.91 Å². The number of nitrogens with two attached hydrogens (primary N) is 1. The van der Waals surface area contributed by atoms with Crippen molar-refractivity contribution in [2.24, 2.45) is 11.7 Å². The topological polar surface area (TPSA) is 58.4 Å². The highest BCUT2D eigenvalue weighted by atomic mass is 79.9.